The molecule has 3 nitrogen and oxygen atoms in total. The van der Waals surface area contributed by atoms with E-state index in [9.17, 15) is 4.79 Å². The highest BCUT2D eigenvalue weighted by Crippen LogP contribution is 2.28. The van der Waals surface area contributed by atoms with Crippen LogP contribution >= 0.6 is 11.6 Å². The molecule has 1 N–H and O–H groups in total. The average molecular weight is 426 g/mol. The highest BCUT2D eigenvalue weighted by molar-refractivity contribution is 6.31. The van der Waals surface area contributed by atoms with Crippen LogP contribution in [0.15, 0.2) is 55.1 Å². The van der Waals surface area contributed by atoms with Crippen molar-refractivity contribution in [3.05, 3.63) is 76.8 Å². The SMILES string of the molecule is C=CC[N+](C)(CCc1ccc(NC(=O)c2ccc(C)c(Cl)c2)cc1)C1CCCCC1. The molecular formula is C26H34ClN2O+. The second-order valence-electron chi connectivity index (χ2n) is 8.83. The summed E-state index contributed by atoms with van der Waals surface area (Å²) in [6.07, 6.45) is 9.86. The quantitative estimate of drug-likeness (QED) is 0.384. The zero-order valence-electron chi connectivity index (χ0n) is 18.3. The molecule has 1 fully saturated rings. The fourth-order valence-electron chi connectivity index (χ4n) is 4.50. The van der Waals surface area contributed by atoms with E-state index in [2.05, 4.69) is 37.2 Å². The molecular weight excluding hydrogens is 392 g/mol. The summed E-state index contributed by atoms with van der Waals surface area (Å²) in [5.41, 5.74) is 3.64. The van der Waals surface area contributed by atoms with E-state index >= 15 is 0 Å². The molecule has 1 unspecified atom stereocenters. The lowest BCUT2D eigenvalue weighted by Crippen LogP contribution is -2.54. The normalized spacial score (nSPS) is 16.6. The number of amides is 1. The Labute approximate surface area is 186 Å². The number of benzene rings is 2. The van der Waals surface area contributed by atoms with E-state index in [1.807, 2.05) is 25.1 Å². The van der Waals surface area contributed by atoms with E-state index in [1.54, 1.807) is 12.1 Å². The van der Waals surface area contributed by atoms with Gasteiger partial charge in [0.05, 0.1) is 26.2 Å². The third-order valence-electron chi connectivity index (χ3n) is 6.56. The molecule has 0 radical (unpaired) electrons. The van der Waals surface area contributed by atoms with Crippen molar-refractivity contribution < 1.29 is 9.28 Å². The Morgan fingerprint density at radius 1 is 1.17 bits per heavy atom. The van der Waals surface area contributed by atoms with Crippen molar-refractivity contribution in [1.29, 1.82) is 0 Å². The Balaban J connectivity index is 1.59. The number of nitrogens with one attached hydrogen (secondary N) is 1. The van der Waals surface area contributed by atoms with E-state index < -0.39 is 0 Å². The van der Waals surface area contributed by atoms with Crippen LogP contribution in [0.5, 0.6) is 0 Å². The Morgan fingerprint density at radius 2 is 1.87 bits per heavy atom. The van der Waals surface area contributed by atoms with Gasteiger partial charge in [-0.3, -0.25) is 4.79 Å². The van der Waals surface area contributed by atoms with Crippen LogP contribution in [-0.4, -0.2) is 36.6 Å². The van der Waals surface area contributed by atoms with Crippen LogP contribution in [0.4, 0.5) is 5.69 Å². The van der Waals surface area contributed by atoms with Crippen molar-refractivity contribution in [2.75, 3.05) is 25.5 Å². The second kappa shape index (κ2) is 10.3. The zero-order chi connectivity index (χ0) is 21.6. The summed E-state index contributed by atoms with van der Waals surface area (Å²) in [5.74, 6) is -0.142. The Morgan fingerprint density at radius 3 is 2.50 bits per heavy atom. The van der Waals surface area contributed by atoms with Gasteiger partial charge in [-0.1, -0.05) is 42.8 Å². The maximum absolute atomic E-state index is 12.5. The van der Waals surface area contributed by atoms with Gasteiger partial charge in [-0.05, 0) is 74.1 Å². The summed E-state index contributed by atoms with van der Waals surface area (Å²) in [7, 11) is 2.39. The predicted octanol–water partition coefficient (Wildman–Crippen LogP) is 6.41. The summed E-state index contributed by atoms with van der Waals surface area (Å²) < 4.78 is 1.08. The largest absolute Gasteiger partial charge is 0.322 e. The molecule has 0 bridgehead atoms. The van der Waals surface area contributed by atoms with E-state index in [4.69, 9.17) is 11.6 Å². The second-order valence-corrected chi connectivity index (χ2v) is 9.24. The number of nitrogens with zero attached hydrogens (tertiary/aromatic N) is 1. The fraction of sp³-hybridized carbons (Fsp3) is 0.423. The van der Waals surface area contributed by atoms with Crippen molar-refractivity contribution in [2.45, 2.75) is 51.5 Å². The number of aryl methyl sites for hydroxylation is 1. The van der Waals surface area contributed by atoms with Crippen LogP contribution in [0, 0.1) is 6.92 Å². The molecule has 160 valence electrons. The maximum Gasteiger partial charge on any atom is 0.255 e. The van der Waals surface area contributed by atoms with E-state index in [0.29, 0.717) is 10.6 Å². The van der Waals surface area contributed by atoms with Crippen LogP contribution in [-0.2, 0) is 6.42 Å². The van der Waals surface area contributed by atoms with Gasteiger partial charge in [0.15, 0.2) is 0 Å². The van der Waals surface area contributed by atoms with Gasteiger partial charge >= 0.3 is 0 Å². The highest BCUT2D eigenvalue weighted by atomic mass is 35.5. The molecule has 0 aliphatic heterocycles. The molecule has 1 aliphatic carbocycles. The van der Waals surface area contributed by atoms with Crippen molar-refractivity contribution >= 4 is 23.2 Å². The number of anilines is 1. The molecule has 0 heterocycles. The summed E-state index contributed by atoms with van der Waals surface area (Å²) in [5, 5.41) is 3.57. The minimum atomic E-state index is -0.142. The minimum Gasteiger partial charge on any atom is -0.322 e. The fourth-order valence-corrected chi connectivity index (χ4v) is 4.68. The van der Waals surface area contributed by atoms with Gasteiger partial charge < -0.3 is 9.80 Å². The number of hydrogen-bond donors (Lipinski definition) is 1. The number of halogens is 1. The van der Waals surface area contributed by atoms with Crippen LogP contribution in [0.2, 0.25) is 5.02 Å². The molecule has 1 saturated carbocycles. The lowest BCUT2D eigenvalue weighted by atomic mass is 9.92. The number of hydrogen-bond acceptors (Lipinski definition) is 1. The number of quaternary nitrogens is 1. The Kier molecular flexibility index (Phi) is 7.74. The molecule has 4 heteroatoms. The van der Waals surface area contributed by atoms with Gasteiger partial charge in [-0.25, -0.2) is 0 Å². The molecule has 1 aliphatic rings. The number of carbonyl (C=O) groups excluding carboxylic acids is 1. The topological polar surface area (TPSA) is 29.1 Å². The van der Waals surface area contributed by atoms with Crippen molar-refractivity contribution in [3.63, 3.8) is 0 Å². The molecule has 1 amide bonds. The zero-order valence-corrected chi connectivity index (χ0v) is 19.0. The van der Waals surface area contributed by atoms with E-state index in [-0.39, 0.29) is 5.91 Å². The van der Waals surface area contributed by atoms with Crippen molar-refractivity contribution in [3.8, 4) is 0 Å². The third kappa shape index (κ3) is 5.74. The molecule has 0 saturated heterocycles. The minimum absolute atomic E-state index is 0.142. The first-order valence-electron chi connectivity index (χ1n) is 11.0. The van der Waals surface area contributed by atoms with Crippen LogP contribution < -0.4 is 5.32 Å². The van der Waals surface area contributed by atoms with E-state index in [1.165, 1.54) is 37.7 Å². The standard InChI is InChI=1S/C26H33ClN2O/c1-4-17-29(3,24-8-6-5-7-9-24)18-16-21-11-14-23(15-12-21)28-26(30)22-13-10-20(2)25(27)19-22/h4,10-15,19,24H,1,5-9,16-18H2,2-3H3/p+1. The molecule has 0 spiro atoms. The molecule has 2 aromatic rings. The summed E-state index contributed by atoms with van der Waals surface area (Å²) in [4.78, 5) is 12.5. The van der Waals surface area contributed by atoms with Crippen LogP contribution in [0.1, 0.15) is 53.6 Å². The molecule has 1 atom stereocenters. The first-order valence-corrected chi connectivity index (χ1v) is 11.4. The molecule has 30 heavy (non-hydrogen) atoms. The maximum atomic E-state index is 12.5. The number of rotatable bonds is 8. The lowest BCUT2D eigenvalue weighted by Gasteiger charge is -2.43. The lowest BCUT2D eigenvalue weighted by molar-refractivity contribution is -0.929. The summed E-state index contributed by atoms with van der Waals surface area (Å²) in [6.45, 7) is 8.07. The molecule has 0 aromatic heterocycles. The average Bonchev–Trinajstić information content (AvgIpc) is 2.76. The first kappa shape index (κ1) is 22.6. The number of carbonyl (C=O) groups is 1. The highest BCUT2D eigenvalue weighted by Gasteiger charge is 2.32. The monoisotopic (exact) mass is 425 g/mol. The van der Waals surface area contributed by atoms with Crippen LogP contribution in [0.25, 0.3) is 0 Å². The molecule has 3 rings (SSSR count). The van der Waals surface area contributed by atoms with Crippen LogP contribution in [0.3, 0.4) is 0 Å². The third-order valence-corrected chi connectivity index (χ3v) is 6.97. The molecule has 2 aromatic carbocycles. The van der Waals surface area contributed by atoms with Gasteiger partial charge in [-0.15, -0.1) is 0 Å². The Bertz CT molecular complexity index is 871. The van der Waals surface area contributed by atoms with Gasteiger partial charge in [-0.2, -0.15) is 0 Å². The Hall–Kier alpha value is -2.10. The van der Waals surface area contributed by atoms with Gasteiger partial charge in [0.25, 0.3) is 5.91 Å². The van der Waals surface area contributed by atoms with Crippen molar-refractivity contribution in [1.82, 2.24) is 0 Å². The van der Waals surface area contributed by atoms with Gasteiger partial charge in [0.2, 0.25) is 0 Å². The van der Waals surface area contributed by atoms with Crippen molar-refractivity contribution in [2.24, 2.45) is 0 Å². The van der Waals surface area contributed by atoms with E-state index in [0.717, 1.165) is 41.3 Å². The summed E-state index contributed by atoms with van der Waals surface area (Å²) in [6, 6.07) is 14.3. The van der Waals surface area contributed by atoms with Gasteiger partial charge in [0, 0.05) is 22.7 Å². The smallest absolute Gasteiger partial charge is 0.255 e. The first-order chi connectivity index (χ1) is 14.4. The summed E-state index contributed by atoms with van der Waals surface area (Å²) >= 11 is 6.14. The predicted molar refractivity (Wildman–Crippen MR) is 127 cm³/mol. The number of likely N-dealkylation sites (N-methyl/N-ethyl adjacent to an activating group) is 1. The van der Waals surface area contributed by atoms with Gasteiger partial charge in [0.1, 0.15) is 0 Å².